The average Bonchev–Trinajstić information content (AvgIpc) is 2.57. The van der Waals surface area contributed by atoms with Crippen molar-refractivity contribution in [3.8, 4) is 0 Å². The number of hydrogen-bond donors (Lipinski definition) is 1. The van der Waals surface area contributed by atoms with Gasteiger partial charge < -0.3 is 19.9 Å². The van der Waals surface area contributed by atoms with E-state index in [1.54, 1.807) is 34.9 Å². The quantitative estimate of drug-likeness (QED) is 0.920. The molecule has 0 atom stereocenters. The number of hydrogen-bond acceptors (Lipinski definition) is 3. The minimum atomic E-state index is -0.341. The Labute approximate surface area is 135 Å². The number of ether oxygens (including phenoxy) is 1. The predicted molar refractivity (Wildman–Crippen MR) is 83.7 cm³/mol. The van der Waals surface area contributed by atoms with E-state index < -0.39 is 0 Å². The summed E-state index contributed by atoms with van der Waals surface area (Å²) < 4.78 is 18.4. The zero-order valence-electron chi connectivity index (χ0n) is 13.3. The van der Waals surface area contributed by atoms with Gasteiger partial charge in [-0.25, -0.2) is 14.0 Å². The summed E-state index contributed by atoms with van der Waals surface area (Å²) in [6.45, 7) is 4.32. The van der Waals surface area contributed by atoms with Gasteiger partial charge in [-0.3, -0.25) is 0 Å². The van der Waals surface area contributed by atoms with E-state index in [1.165, 1.54) is 6.07 Å². The third-order valence-electron chi connectivity index (χ3n) is 3.72. The third kappa shape index (κ3) is 4.84. The lowest BCUT2D eigenvalue weighted by Gasteiger charge is -2.34. The summed E-state index contributed by atoms with van der Waals surface area (Å²) in [4.78, 5) is 26.9. The second-order valence-corrected chi connectivity index (χ2v) is 5.25. The van der Waals surface area contributed by atoms with E-state index in [2.05, 4.69) is 5.32 Å². The van der Waals surface area contributed by atoms with Crippen LogP contribution in [0.15, 0.2) is 24.3 Å². The smallest absolute Gasteiger partial charge is 0.409 e. The maximum absolute atomic E-state index is 13.5. The van der Waals surface area contributed by atoms with Gasteiger partial charge in [0.05, 0.1) is 6.61 Å². The zero-order chi connectivity index (χ0) is 16.7. The van der Waals surface area contributed by atoms with E-state index in [0.29, 0.717) is 51.3 Å². The van der Waals surface area contributed by atoms with E-state index >= 15 is 0 Å². The number of piperazine rings is 1. The fourth-order valence-electron chi connectivity index (χ4n) is 2.42. The number of benzene rings is 1. The van der Waals surface area contributed by atoms with Crippen LogP contribution in [0.3, 0.4) is 0 Å². The van der Waals surface area contributed by atoms with Crippen LogP contribution in [0.2, 0.25) is 0 Å². The van der Waals surface area contributed by atoms with Crippen LogP contribution in [0.4, 0.5) is 14.0 Å². The minimum absolute atomic E-state index is 0.190. The normalized spacial score (nSPS) is 14.5. The number of nitrogens with one attached hydrogen (secondary N) is 1. The van der Waals surface area contributed by atoms with Gasteiger partial charge in [-0.15, -0.1) is 0 Å². The van der Waals surface area contributed by atoms with Crippen molar-refractivity contribution in [3.05, 3.63) is 35.6 Å². The molecule has 126 valence electrons. The van der Waals surface area contributed by atoms with Gasteiger partial charge in [0.25, 0.3) is 0 Å². The van der Waals surface area contributed by atoms with Gasteiger partial charge in [0.2, 0.25) is 0 Å². The Bertz CT molecular complexity index is 545. The van der Waals surface area contributed by atoms with E-state index in [0.717, 1.165) is 0 Å². The highest BCUT2D eigenvalue weighted by molar-refractivity contribution is 5.75. The number of carbonyl (C=O) groups is 2. The van der Waals surface area contributed by atoms with Crippen LogP contribution >= 0.6 is 0 Å². The summed E-state index contributed by atoms with van der Waals surface area (Å²) in [5.41, 5.74) is 0.583. The van der Waals surface area contributed by atoms with Crippen LogP contribution in [0, 0.1) is 5.82 Å². The van der Waals surface area contributed by atoms with Gasteiger partial charge in [0, 0.05) is 32.7 Å². The molecule has 0 unspecified atom stereocenters. The van der Waals surface area contributed by atoms with Crippen molar-refractivity contribution in [1.82, 2.24) is 15.1 Å². The summed E-state index contributed by atoms with van der Waals surface area (Å²) in [6, 6.07) is 6.34. The highest BCUT2D eigenvalue weighted by Gasteiger charge is 2.24. The fourth-order valence-corrected chi connectivity index (χ4v) is 2.42. The van der Waals surface area contributed by atoms with Gasteiger partial charge in [0.1, 0.15) is 5.82 Å². The second-order valence-electron chi connectivity index (χ2n) is 5.25. The molecule has 0 bridgehead atoms. The summed E-state index contributed by atoms with van der Waals surface area (Å²) in [5.74, 6) is -0.259. The Hall–Kier alpha value is -2.31. The molecular formula is C16H22FN3O3. The fraction of sp³-hybridized carbons (Fsp3) is 0.500. The lowest BCUT2D eigenvalue weighted by atomic mass is 10.1. The lowest BCUT2D eigenvalue weighted by Crippen LogP contribution is -2.53. The SMILES string of the molecule is CCOC(=O)N1CCN(C(=O)NCCc2ccccc2F)CC1. The first-order chi connectivity index (χ1) is 11.1. The van der Waals surface area contributed by atoms with Gasteiger partial charge in [-0.2, -0.15) is 0 Å². The number of halogens is 1. The number of carbonyl (C=O) groups excluding carboxylic acids is 2. The van der Waals surface area contributed by atoms with Crippen molar-refractivity contribution in [1.29, 1.82) is 0 Å². The molecule has 2 rings (SSSR count). The molecule has 0 aliphatic carbocycles. The Morgan fingerprint density at radius 3 is 2.48 bits per heavy atom. The summed E-state index contributed by atoms with van der Waals surface area (Å²) in [7, 11) is 0. The molecule has 1 heterocycles. The summed E-state index contributed by atoms with van der Waals surface area (Å²) >= 11 is 0. The molecule has 1 aromatic carbocycles. The molecule has 1 aliphatic heterocycles. The number of amides is 3. The van der Waals surface area contributed by atoms with Gasteiger partial charge in [0.15, 0.2) is 0 Å². The van der Waals surface area contributed by atoms with Crippen molar-refractivity contribution in [2.75, 3.05) is 39.3 Å². The standard InChI is InChI=1S/C16H22FN3O3/c1-2-23-16(22)20-11-9-19(10-12-20)15(21)18-8-7-13-5-3-4-6-14(13)17/h3-6H,2,7-12H2,1H3,(H,18,21). The van der Waals surface area contributed by atoms with Crippen molar-refractivity contribution < 1.29 is 18.7 Å². The molecule has 1 aromatic rings. The van der Waals surface area contributed by atoms with Gasteiger partial charge in [-0.05, 0) is 25.0 Å². The van der Waals surface area contributed by atoms with Gasteiger partial charge in [-0.1, -0.05) is 18.2 Å². The molecule has 1 aliphatic rings. The number of urea groups is 1. The topological polar surface area (TPSA) is 61.9 Å². The largest absolute Gasteiger partial charge is 0.450 e. The second kappa shape index (κ2) is 8.36. The van der Waals surface area contributed by atoms with Crippen LogP contribution < -0.4 is 5.32 Å². The monoisotopic (exact) mass is 323 g/mol. The van der Waals surface area contributed by atoms with Crippen molar-refractivity contribution >= 4 is 12.1 Å². The molecule has 0 aromatic heterocycles. The summed E-state index contributed by atoms with van der Waals surface area (Å²) in [6.07, 6.45) is 0.105. The van der Waals surface area contributed by atoms with Crippen LogP contribution in [0.1, 0.15) is 12.5 Å². The first-order valence-electron chi connectivity index (χ1n) is 7.79. The Morgan fingerprint density at radius 2 is 1.83 bits per heavy atom. The lowest BCUT2D eigenvalue weighted by molar-refractivity contribution is 0.0852. The van der Waals surface area contributed by atoms with Crippen LogP contribution in [-0.2, 0) is 11.2 Å². The van der Waals surface area contributed by atoms with E-state index in [9.17, 15) is 14.0 Å². The molecule has 0 radical (unpaired) electrons. The minimum Gasteiger partial charge on any atom is -0.450 e. The molecule has 0 saturated carbocycles. The first kappa shape index (κ1) is 17.1. The van der Waals surface area contributed by atoms with Crippen molar-refractivity contribution in [2.45, 2.75) is 13.3 Å². The Kier molecular flexibility index (Phi) is 6.19. The molecule has 6 nitrogen and oxygen atoms in total. The Morgan fingerprint density at radius 1 is 1.17 bits per heavy atom. The van der Waals surface area contributed by atoms with Crippen molar-refractivity contribution in [2.24, 2.45) is 0 Å². The Balaban J connectivity index is 1.71. The average molecular weight is 323 g/mol. The van der Waals surface area contributed by atoms with E-state index in [4.69, 9.17) is 4.74 Å². The molecule has 1 fully saturated rings. The molecule has 23 heavy (non-hydrogen) atoms. The maximum atomic E-state index is 13.5. The highest BCUT2D eigenvalue weighted by Crippen LogP contribution is 2.07. The zero-order valence-corrected chi connectivity index (χ0v) is 13.3. The van der Waals surface area contributed by atoms with Gasteiger partial charge >= 0.3 is 12.1 Å². The first-order valence-corrected chi connectivity index (χ1v) is 7.79. The van der Waals surface area contributed by atoms with Crippen LogP contribution in [-0.4, -0.2) is 61.3 Å². The van der Waals surface area contributed by atoms with Crippen LogP contribution in [0.5, 0.6) is 0 Å². The van der Waals surface area contributed by atoms with E-state index in [-0.39, 0.29) is 17.9 Å². The predicted octanol–water partition coefficient (Wildman–Crippen LogP) is 1.85. The third-order valence-corrected chi connectivity index (χ3v) is 3.72. The van der Waals surface area contributed by atoms with E-state index in [1.807, 2.05) is 0 Å². The molecule has 1 saturated heterocycles. The number of nitrogens with zero attached hydrogens (tertiary/aromatic N) is 2. The molecule has 0 spiro atoms. The molecular weight excluding hydrogens is 301 g/mol. The van der Waals surface area contributed by atoms with Crippen LogP contribution in [0.25, 0.3) is 0 Å². The highest BCUT2D eigenvalue weighted by atomic mass is 19.1. The maximum Gasteiger partial charge on any atom is 0.409 e. The molecule has 1 N–H and O–H groups in total. The molecule has 3 amide bonds. The molecule has 7 heteroatoms. The summed E-state index contributed by atoms with van der Waals surface area (Å²) in [5, 5.41) is 2.78. The number of rotatable bonds is 4. The van der Waals surface area contributed by atoms with Crippen molar-refractivity contribution in [3.63, 3.8) is 0 Å².